The van der Waals surface area contributed by atoms with Crippen molar-refractivity contribution in [2.24, 2.45) is 0 Å². The summed E-state index contributed by atoms with van der Waals surface area (Å²) in [5.41, 5.74) is 15.2. The highest BCUT2D eigenvalue weighted by Crippen LogP contribution is 2.39. The van der Waals surface area contributed by atoms with E-state index in [0.717, 1.165) is 25.9 Å². The van der Waals surface area contributed by atoms with Crippen molar-refractivity contribution >= 4 is 23.2 Å². The number of carbonyl (C=O) groups excluding carboxylic acids is 1. The van der Waals surface area contributed by atoms with Crippen LogP contribution in [-0.4, -0.2) is 93.6 Å². The molecule has 1 amide bonds. The van der Waals surface area contributed by atoms with Crippen molar-refractivity contribution in [1.82, 2.24) is 30.2 Å². The molecule has 5 N–H and O–H groups in total. The molecule has 13 nitrogen and oxygen atoms in total. The van der Waals surface area contributed by atoms with E-state index in [1.807, 2.05) is 24.3 Å². The molecule has 45 heavy (non-hydrogen) atoms. The lowest BCUT2D eigenvalue weighted by molar-refractivity contribution is -0.129. The van der Waals surface area contributed by atoms with Crippen LogP contribution >= 0.6 is 0 Å². The number of piperazine rings is 1. The number of amides is 1. The van der Waals surface area contributed by atoms with Crippen LogP contribution in [0.15, 0.2) is 54.6 Å². The fourth-order valence-corrected chi connectivity index (χ4v) is 5.61. The zero-order valence-electron chi connectivity index (χ0n) is 25.4. The van der Waals surface area contributed by atoms with E-state index in [9.17, 15) is 9.90 Å². The van der Waals surface area contributed by atoms with E-state index in [2.05, 4.69) is 37.2 Å². The first-order valence-electron chi connectivity index (χ1n) is 15.0. The first kappa shape index (κ1) is 29.9. The Morgan fingerprint density at radius 3 is 2.24 bits per heavy atom. The Balaban J connectivity index is 1.24. The molecule has 0 spiro atoms. The maximum atomic E-state index is 11.8. The van der Waals surface area contributed by atoms with Gasteiger partial charge >= 0.3 is 0 Å². The fraction of sp³-hybridized carbons (Fsp3) is 0.344. The molecule has 13 heteroatoms. The van der Waals surface area contributed by atoms with Gasteiger partial charge in [-0.1, -0.05) is 12.1 Å². The number of nitrogens with zero attached hydrogens (tertiary/aromatic N) is 7. The van der Waals surface area contributed by atoms with E-state index >= 15 is 0 Å². The standard InChI is InChI=1S/C32H37N9O4/c1-20(42)40-13-15-41(16-14-40)27-18-25(35-37-31(27)33)24-17-22(7-8-28(24)43)45-29-6-4-3-5-23(29)26-19-30(32(34)38-36-26)44-21-9-11-39(2)12-10-21/h3-8,17-19,21,43H,9-16H2,1-2H3,(H2,33,37)(H2,34,38). The molecule has 4 aromatic rings. The third-order valence-electron chi connectivity index (χ3n) is 8.25. The maximum absolute atomic E-state index is 11.8. The number of benzene rings is 2. The number of ether oxygens (including phenoxy) is 2. The van der Waals surface area contributed by atoms with Gasteiger partial charge in [0.15, 0.2) is 17.4 Å². The zero-order valence-corrected chi connectivity index (χ0v) is 25.4. The lowest BCUT2D eigenvalue weighted by atomic mass is 10.1. The average molecular weight is 612 g/mol. The minimum Gasteiger partial charge on any atom is -0.507 e. The highest BCUT2D eigenvalue weighted by Gasteiger charge is 2.23. The molecule has 2 saturated heterocycles. The Hall–Kier alpha value is -5.17. The number of nitrogens with two attached hydrogens (primary N) is 2. The van der Waals surface area contributed by atoms with Gasteiger partial charge in [0.25, 0.3) is 0 Å². The molecule has 2 aromatic carbocycles. The maximum Gasteiger partial charge on any atom is 0.219 e. The van der Waals surface area contributed by atoms with Crippen LogP contribution in [0.1, 0.15) is 19.8 Å². The number of anilines is 3. The summed E-state index contributed by atoms with van der Waals surface area (Å²) >= 11 is 0. The number of rotatable bonds is 7. The summed E-state index contributed by atoms with van der Waals surface area (Å²) in [6, 6.07) is 16.0. The lowest BCUT2D eigenvalue weighted by Crippen LogP contribution is -2.48. The van der Waals surface area contributed by atoms with Gasteiger partial charge in [0.05, 0.1) is 11.4 Å². The number of phenolic OH excluding ortho intramolecular Hbond substituents is 1. The molecule has 2 aliphatic rings. The zero-order chi connectivity index (χ0) is 31.5. The Bertz CT molecular complexity index is 1690. The van der Waals surface area contributed by atoms with Crippen LogP contribution in [0.2, 0.25) is 0 Å². The summed E-state index contributed by atoms with van der Waals surface area (Å²) < 4.78 is 12.6. The molecule has 2 aromatic heterocycles. The minimum absolute atomic E-state index is 0.0159. The number of hydrogen-bond donors (Lipinski definition) is 3. The summed E-state index contributed by atoms with van der Waals surface area (Å²) in [5.74, 6) is 2.08. The molecule has 0 radical (unpaired) electrons. The predicted octanol–water partition coefficient (Wildman–Crippen LogP) is 3.40. The number of aromatic nitrogens is 4. The first-order valence-corrected chi connectivity index (χ1v) is 15.0. The van der Waals surface area contributed by atoms with E-state index in [1.165, 1.54) is 0 Å². The summed E-state index contributed by atoms with van der Waals surface area (Å²) in [6.45, 7) is 5.89. The smallest absolute Gasteiger partial charge is 0.219 e. The molecular formula is C32H37N9O4. The first-order chi connectivity index (χ1) is 21.7. The van der Waals surface area contributed by atoms with E-state index in [4.69, 9.17) is 20.9 Å². The van der Waals surface area contributed by atoms with Gasteiger partial charge in [0.1, 0.15) is 29.0 Å². The van der Waals surface area contributed by atoms with Crippen molar-refractivity contribution in [1.29, 1.82) is 0 Å². The van der Waals surface area contributed by atoms with Gasteiger partial charge in [-0.05, 0) is 56.3 Å². The second kappa shape index (κ2) is 12.8. The summed E-state index contributed by atoms with van der Waals surface area (Å²) in [6.07, 6.45) is 1.88. The van der Waals surface area contributed by atoms with E-state index in [1.54, 1.807) is 42.2 Å². The third-order valence-corrected chi connectivity index (χ3v) is 8.25. The van der Waals surface area contributed by atoms with Crippen LogP contribution in [-0.2, 0) is 4.79 Å². The quantitative estimate of drug-likeness (QED) is 0.279. The molecule has 6 rings (SSSR count). The van der Waals surface area contributed by atoms with E-state index in [0.29, 0.717) is 71.6 Å². The molecule has 0 saturated carbocycles. The molecule has 234 valence electrons. The molecule has 2 aliphatic heterocycles. The SMILES string of the molecule is CC(=O)N1CCN(c2cc(-c3cc(Oc4ccccc4-c4cc(OC5CCN(C)CC5)c(N)nn4)ccc3O)nnc2N)CC1. The van der Waals surface area contributed by atoms with Crippen molar-refractivity contribution in [3.8, 4) is 45.5 Å². The van der Waals surface area contributed by atoms with Gasteiger partial charge in [-0.25, -0.2) is 0 Å². The second-order valence-electron chi connectivity index (χ2n) is 11.4. The van der Waals surface area contributed by atoms with Crippen molar-refractivity contribution in [2.45, 2.75) is 25.9 Å². The topological polar surface area (TPSA) is 169 Å². The highest BCUT2D eigenvalue weighted by atomic mass is 16.5. The predicted molar refractivity (Wildman–Crippen MR) is 171 cm³/mol. The van der Waals surface area contributed by atoms with Gasteiger partial charge in [-0.15, -0.1) is 20.4 Å². The molecule has 0 bridgehead atoms. The van der Waals surface area contributed by atoms with Gasteiger partial charge in [0.2, 0.25) is 5.91 Å². The van der Waals surface area contributed by atoms with E-state index < -0.39 is 0 Å². The number of carbonyl (C=O) groups is 1. The minimum atomic E-state index is 0.0159. The Kier molecular flexibility index (Phi) is 8.52. The fourth-order valence-electron chi connectivity index (χ4n) is 5.61. The number of likely N-dealkylation sites (tertiary alicyclic amines) is 1. The van der Waals surface area contributed by atoms with Crippen molar-refractivity contribution < 1.29 is 19.4 Å². The lowest BCUT2D eigenvalue weighted by Gasteiger charge is -2.35. The average Bonchev–Trinajstić information content (AvgIpc) is 3.05. The number of piperidine rings is 1. The highest BCUT2D eigenvalue weighted by molar-refractivity contribution is 5.77. The summed E-state index contributed by atoms with van der Waals surface area (Å²) in [5, 5.41) is 27.7. The summed E-state index contributed by atoms with van der Waals surface area (Å²) in [7, 11) is 2.10. The molecular weight excluding hydrogens is 574 g/mol. The Labute approximate surface area is 261 Å². The number of phenols is 1. The van der Waals surface area contributed by atoms with Crippen molar-refractivity contribution in [3.05, 3.63) is 54.6 Å². The number of hydrogen-bond acceptors (Lipinski definition) is 12. The summed E-state index contributed by atoms with van der Waals surface area (Å²) in [4.78, 5) is 17.9. The molecule has 0 atom stereocenters. The van der Waals surface area contributed by atoms with Gasteiger partial charge < -0.3 is 40.7 Å². The van der Waals surface area contributed by atoms with Crippen LogP contribution in [0.3, 0.4) is 0 Å². The third kappa shape index (κ3) is 6.68. The Morgan fingerprint density at radius 2 is 1.51 bits per heavy atom. The second-order valence-corrected chi connectivity index (χ2v) is 11.4. The number of nitrogen functional groups attached to an aromatic ring is 2. The van der Waals surface area contributed by atoms with Gasteiger partial charge in [-0.2, -0.15) is 0 Å². The monoisotopic (exact) mass is 611 g/mol. The van der Waals surface area contributed by atoms with Crippen LogP contribution in [0, 0.1) is 0 Å². The largest absolute Gasteiger partial charge is 0.507 e. The molecule has 2 fully saturated rings. The van der Waals surface area contributed by atoms with Crippen LogP contribution in [0.4, 0.5) is 17.3 Å². The molecule has 0 aliphatic carbocycles. The normalized spacial score (nSPS) is 16.0. The van der Waals surface area contributed by atoms with Crippen molar-refractivity contribution in [2.75, 3.05) is 62.7 Å². The van der Waals surface area contributed by atoms with E-state index in [-0.39, 0.29) is 29.4 Å². The van der Waals surface area contributed by atoms with Gasteiger partial charge in [-0.3, -0.25) is 4.79 Å². The number of para-hydroxylation sites is 1. The van der Waals surface area contributed by atoms with Crippen molar-refractivity contribution in [3.63, 3.8) is 0 Å². The molecule has 0 unspecified atom stereocenters. The van der Waals surface area contributed by atoms with Gasteiger partial charge in [0, 0.05) is 63.4 Å². The number of aromatic hydroxyl groups is 1. The van der Waals surface area contributed by atoms with Crippen LogP contribution in [0.5, 0.6) is 23.0 Å². The Morgan fingerprint density at radius 1 is 0.822 bits per heavy atom. The molecule has 4 heterocycles. The van der Waals surface area contributed by atoms with Crippen LogP contribution in [0.25, 0.3) is 22.5 Å². The van der Waals surface area contributed by atoms with Crippen LogP contribution < -0.4 is 25.8 Å².